The van der Waals surface area contributed by atoms with E-state index in [1.54, 1.807) is 6.07 Å². The maximum atomic E-state index is 11.2. The van der Waals surface area contributed by atoms with Gasteiger partial charge in [0.15, 0.2) is 0 Å². The van der Waals surface area contributed by atoms with Crippen LogP contribution in [0.2, 0.25) is 0 Å². The highest BCUT2D eigenvalue weighted by molar-refractivity contribution is 5.87. The Hall–Kier alpha value is -2.14. The molecular formula is C15H18N2O3. The molecule has 1 aromatic heterocycles. The molecule has 0 aliphatic rings. The van der Waals surface area contributed by atoms with Gasteiger partial charge in [0.25, 0.3) is 0 Å². The summed E-state index contributed by atoms with van der Waals surface area (Å²) >= 11 is 0. The fourth-order valence-corrected chi connectivity index (χ4v) is 2.56. The van der Waals surface area contributed by atoms with Crippen LogP contribution in [0.4, 0.5) is 0 Å². The predicted molar refractivity (Wildman–Crippen MR) is 75.9 cm³/mol. The molecular weight excluding hydrogens is 256 g/mol. The molecule has 1 aromatic carbocycles. The first-order valence-corrected chi connectivity index (χ1v) is 6.44. The fraction of sp³-hybridized carbons (Fsp3) is 0.333. The number of hydrogen-bond donors (Lipinski definition) is 2. The van der Waals surface area contributed by atoms with Gasteiger partial charge in [0.2, 0.25) is 0 Å². The van der Waals surface area contributed by atoms with Crippen molar-refractivity contribution in [2.75, 3.05) is 6.61 Å². The summed E-state index contributed by atoms with van der Waals surface area (Å²) in [5, 5.41) is 22.5. The van der Waals surface area contributed by atoms with Crippen LogP contribution in [0.25, 0.3) is 11.3 Å². The number of nitrogens with zero attached hydrogens (tertiary/aromatic N) is 2. The van der Waals surface area contributed by atoms with Crippen molar-refractivity contribution in [3.8, 4) is 11.3 Å². The molecule has 0 spiro atoms. The lowest BCUT2D eigenvalue weighted by Gasteiger charge is -2.08. The summed E-state index contributed by atoms with van der Waals surface area (Å²) in [5.74, 6) is -1.04. The van der Waals surface area contributed by atoms with Crippen LogP contribution in [-0.2, 0) is 6.54 Å². The van der Waals surface area contributed by atoms with Crippen LogP contribution in [0.15, 0.2) is 18.2 Å². The normalized spacial score (nSPS) is 10.8. The predicted octanol–water partition coefficient (Wildman–Crippen LogP) is 2.17. The van der Waals surface area contributed by atoms with Crippen molar-refractivity contribution < 1.29 is 15.0 Å². The molecule has 0 atom stereocenters. The maximum absolute atomic E-state index is 11.2. The third-order valence-corrected chi connectivity index (χ3v) is 3.24. The Bertz CT molecular complexity index is 636. The van der Waals surface area contributed by atoms with E-state index in [9.17, 15) is 9.90 Å². The number of carboxylic acids is 1. The fourth-order valence-electron chi connectivity index (χ4n) is 2.56. The summed E-state index contributed by atoms with van der Waals surface area (Å²) in [6.07, 6.45) is 0. The van der Waals surface area contributed by atoms with Gasteiger partial charge in [-0.1, -0.05) is 17.7 Å². The van der Waals surface area contributed by atoms with E-state index in [-0.39, 0.29) is 18.8 Å². The molecule has 0 saturated carbocycles. The van der Waals surface area contributed by atoms with Gasteiger partial charge in [0, 0.05) is 5.56 Å². The first-order chi connectivity index (χ1) is 9.43. The Morgan fingerprint density at radius 2 is 1.80 bits per heavy atom. The molecule has 0 radical (unpaired) electrons. The number of aliphatic hydroxyl groups excluding tert-OH is 1. The number of aromatic carboxylic acids is 1. The van der Waals surface area contributed by atoms with Gasteiger partial charge in [-0.15, -0.1) is 0 Å². The van der Waals surface area contributed by atoms with Crippen LogP contribution in [0.5, 0.6) is 0 Å². The molecule has 2 N–H and O–H groups in total. The molecule has 1 heterocycles. The molecule has 20 heavy (non-hydrogen) atoms. The number of carbonyl (C=O) groups is 1. The summed E-state index contributed by atoms with van der Waals surface area (Å²) in [6.45, 7) is 6.03. The Labute approximate surface area is 117 Å². The van der Waals surface area contributed by atoms with Crippen LogP contribution < -0.4 is 0 Å². The molecule has 0 amide bonds. The third kappa shape index (κ3) is 2.58. The molecule has 0 saturated heterocycles. The van der Waals surface area contributed by atoms with Crippen molar-refractivity contribution in [1.29, 1.82) is 0 Å². The van der Waals surface area contributed by atoms with E-state index < -0.39 is 5.97 Å². The quantitative estimate of drug-likeness (QED) is 0.896. The SMILES string of the molecule is Cc1cc(C)c(-c2cc(C(=O)O)n(CCO)n2)c(C)c1. The first-order valence-electron chi connectivity index (χ1n) is 6.44. The minimum atomic E-state index is -1.04. The highest BCUT2D eigenvalue weighted by Crippen LogP contribution is 2.28. The maximum Gasteiger partial charge on any atom is 0.354 e. The second-order valence-electron chi connectivity index (χ2n) is 4.94. The van der Waals surface area contributed by atoms with Crippen LogP contribution >= 0.6 is 0 Å². The van der Waals surface area contributed by atoms with Gasteiger partial charge in [0.05, 0.1) is 18.8 Å². The number of benzene rings is 1. The van der Waals surface area contributed by atoms with Crippen molar-refractivity contribution in [2.24, 2.45) is 0 Å². The van der Waals surface area contributed by atoms with Crippen LogP contribution in [0, 0.1) is 20.8 Å². The van der Waals surface area contributed by atoms with Crippen LogP contribution in [0.1, 0.15) is 27.2 Å². The van der Waals surface area contributed by atoms with Gasteiger partial charge in [-0.3, -0.25) is 4.68 Å². The summed E-state index contributed by atoms with van der Waals surface area (Å²) in [5.41, 5.74) is 4.97. The summed E-state index contributed by atoms with van der Waals surface area (Å²) in [6, 6.07) is 5.66. The molecule has 5 heteroatoms. The zero-order chi connectivity index (χ0) is 14.9. The van der Waals surface area contributed by atoms with Crippen molar-refractivity contribution in [3.05, 3.63) is 40.6 Å². The lowest BCUT2D eigenvalue weighted by atomic mass is 9.97. The molecule has 0 aliphatic carbocycles. The van der Waals surface area contributed by atoms with Gasteiger partial charge in [-0.05, 0) is 38.0 Å². The van der Waals surface area contributed by atoms with Gasteiger partial charge in [-0.25, -0.2) is 4.79 Å². The number of aliphatic hydroxyl groups is 1. The van der Waals surface area contributed by atoms with E-state index in [1.165, 1.54) is 4.68 Å². The molecule has 0 unspecified atom stereocenters. The second kappa shape index (κ2) is 5.46. The zero-order valence-corrected chi connectivity index (χ0v) is 11.8. The molecule has 2 rings (SSSR count). The molecule has 0 aliphatic heterocycles. The van der Waals surface area contributed by atoms with Gasteiger partial charge < -0.3 is 10.2 Å². The second-order valence-corrected chi connectivity index (χ2v) is 4.94. The van der Waals surface area contributed by atoms with E-state index in [1.807, 2.05) is 32.9 Å². The number of rotatable bonds is 4. The van der Waals surface area contributed by atoms with E-state index >= 15 is 0 Å². The van der Waals surface area contributed by atoms with E-state index in [0.29, 0.717) is 5.69 Å². The van der Waals surface area contributed by atoms with Crippen molar-refractivity contribution in [2.45, 2.75) is 27.3 Å². The average Bonchev–Trinajstić information content (AvgIpc) is 2.72. The summed E-state index contributed by atoms with van der Waals surface area (Å²) in [4.78, 5) is 11.2. The minimum Gasteiger partial charge on any atom is -0.477 e. The lowest BCUT2D eigenvalue weighted by molar-refractivity contribution is 0.0681. The summed E-state index contributed by atoms with van der Waals surface area (Å²) < 4.78 is 1.33. The van der Waals surface area contributed by atoms with Crippen LogP contribution in [-0.4, -0.2) is 32.6 Å². The topological polar surface area (TPSA) is 75.3 Å². The summed E-state index contributed by atoms with van der Waals surface area (Å²) in [7, 11) is 0. The number of aromatic nitrogens is 2. The standard InChI is InChI=1S/C15H18N2O3/c1-9-6-10(2)14(11(3)7-9)12-8-13(15(19)20)17(16-12)4-5-18/h6-8,18H,4-5H2,1-3H3,(H,19,20). The van der Waals surface area contributed by atoms with E-state index in [4.69, 9.17) is 5.11 Å². The van der Waals surface area contributed by atoms with Crippen molar-refractivity contribution in [1.82, 2.24) is 9.78 Å². The first kappa shape index (κ1) is 14.3. The zero-order valence-electron chi connectivity index (χ0n) is 11.8. The van der Waals surface area contributed by atoms with E-state index in [0.717, 1.165) is 22.3 Å². The number of aryl methyl sites for hydroxylation is 3. The number of hydrogen-bond acceptors (Lipinski definition) is 3. The van der Waals surface area contributed by atoms with Gasteiger partial charge >= 0.3 is 5.97 Å². The largest absolute Gasteiger partial charge is 0.477 e. The smallest absolute Gasteiger partial charge is 0.354 e. The number of carboxylic acid groups (broad SMARTS) is 1. The Morgan fingerprint density at radius 3 is 2.30 bits per heavy atom. The van der Waals surface area contributed by atoms with Gasteiger partial charge in [-0.2, -0.15) is 5.10 Å². The highest BCUT2D eigenvalue weighted by Gasteiger charge is 2.17. The Morgan fingerprint density at radius 1 is 1.20 bits per heavy atom. The lowest BCUT2D eigenvalue weighted by Crippen LogP contribution is -2.12. The highest BCUT2D eigenvalue weighted by atomic mass is 16.4. The minimum absolute atomic E-state index is 0.0911. The van der Waals surface area contributed by atoms with Crippen LogP contribution in [0.3, 0.4) is 0 Å². The molecule has 5 nitrogen and oxygen atoms in total. The average molecular weight is 274 g/mol. The monoisotopic (exact) mass is 274 g/mol. The Kier molecular flexibility index (Phi) is 3.90. The molecule has 106 valence electrons. The molecule has 2 aromatic rings. The van der Waals surface area contributed by atoms with Gasteiger partial charge in [0.1, 0.15) is 5.69 Å². The van der Waals surface area contributed by atoms with Crippen molar-refractivity contribution in [3.63, 3.8) is 0 Å². The van der Waals surface area contributed by atoms with Crippen molar-refractivity contribution >= 4 is 5.97 Å². The molecule has 0 bridgehead atoms. The molecule has 0 fully saturated rings. The van der Waals surface area contributed by atoms with E-state index in [2.05, 4.69) is 5.10 Å². The third-order valence-electron chi connectivity index (χ3n) is 3.24. The Balaban J connectivity index is 2.59.